The quantitative estimate of drug-likeness (QED) is 0.386. The Balaban J connectivity index is 1.55. The van der Waals surface area contributed by atoms with E-state index in [1.807, 2.05) is 54.6 Å². The molecule has 0 unspecified atom stereocenters. The Morgan fingerprint density at radius 2 is 1.18 bits per heavy atom. The minimum Gasteiger partial charge on any atom is -0.309 e. The summed E-state index contributed by atoms with van der Waals surface area (Å²) in [6.07, 6.45) is 0. The number of nitrogens with zero attached hydrogens (tertiary/aromatic N) is 5. The van der Waals surface area contributed by atoms with Crippen LogP contribution in [0.2, 0.25) is 0 Å². The Morgan fingerprint density at radius 3 is 1.86 bits per heavy atom. The van der Waals surface area contributed by atoms with Crippen molar-refractivity contribution < 1.29 is 0 Å². The van der Waals surface area contributed by atoms with E-state index in [1.165, 1.54) is 0 Å². The number of aryl methyl sites for hydroxylation is 1. The zero-order valence-corrected chi connectivity index (χ0v) is 15.2. The lowest BCUT2D eigenvalue weighted by Gasteiger charge is -2.05. The second kappa shape index (κ2) is 7.75. The van der Waals surface area contributed by atoms with Gasteiger partial charge in [-0.1, -0.05) is 36.4 Å². The first-order valence-electron chi connectivity index (χ1n) is 8.78. The van der Waals surface area contributed by atoms with Crippen molar-refractivity contribution >= 4 is 33.7 Å². The van der Waals surface area contributed by atoms with Gasteiger partial charge < -0.3 is 4.57 Å². The summed E-state index contributed by atoms with van der Waals surface area (Å²) in [7, 11) is 1.73. The van der Waals surface area contributed by atoms with E-state index in [2.05, 4.69) is 20.5 Å². The topological polar surface area (TPSA) is 71.4 Å². The van der Waals surface area contributed by atoms with Gasteiger partial charge in [0.1, 0.15) is 0 Å². The first-order chi connectivity index (χ1) is 13.7. The van der Waals surface area contributed by atoms with Crippen LogP contribution < -0.4 is 5.56 Å². The Kier molecular flexibility index (Phi) is 4.84. The summed E-state index contributed by atoms with van der Waals surface area (Å²) >= 11 is 0. The Hall–Kier alpha value is -3.93. The first kappa shape index (κ1) is 17.5. The van der Waals surface area contributed by atoms with E-state index in [0.29, 0.717) is 17.1 Å². The molecule has 136 valence electrons. The lowest BCUT2D eigenvalue weighted by molar-refractivity contribution is 0.902. The molecule has 4 rings (SSSR count). The minimum absolute atomic E-state index is 0.185. The zero-order chi connectivity index (χ0) is 19.3. The molecule has 0 fully saturated rings. The molecule has 28 heavy (non-hydrogen) atoms. The van der Waals surface area contributed by atoms with E-state index < -0.39 is 0 Å². The third-order valence-electron chi connectivity index (χ3n) is 4.27. The average Bonchev–Trinajstić information content (AvgIpc) is 2.75. The normalized spacial score (nSPS) is 11.6. The van der Waals surface area contributed by atoms with E-state index in [-0.39, 0.29) is 5.56 Å². The van der Waals surface area contributed by atoms with Gasteiger partial charge >= 0.3 is 0 Å². The van der Waals surface area contributed by atoms with Gasteiger partial charge in [-0.15, -0.1) is 5.11 Å². The van der Waals surface area contributed by atoms with Gasteiger partial charge in [-0.05, 0) is 48.5 Å². The minimum atomic E-state index is -0.185. The van der Waals surface area contributed by atoms with Crippen LogP contribution >= 0.6 is 0 Å². The third-order valence-corrected chi connectivity index (χ3v) is 4.27. The van der Waals surface area contributed by atoms with Gasteiger partial charge in [0.2, 0.25) is 0 Å². The van der Waals surface area contributed by atoms with E-state index in [4.69, 9.17) is 0 Å². The standard InChI is InChI=1S/C22H17N5O/c1-27-21-10-6-5-7-16(21)15-20(22(27)28)26-25-19-13-11-18(12-14-19)24-23-17-8-3-2-4-9-17/h2-15H,1H3. The molecule has 0 atom stereocenters. The number of hydrogen-bond donors (Lipinski definition) is 0. The molecule has 0 radical (unpaired) electrons. The molecule has 0 aliphatic heterocycles. The summed E-state index contributed by atoms with van der Waals surface area (Å²) in [5.74, 6) is 0. The number of pyridine rings is 1. The molecule has 4 aromatic rings. The van der Waals surface area contributed by atoms with Gasteiger partial charge in [0.25, 0.3) is 5.56 Å². The molecular weight excluding hydrogens is 350 g/mol. The number of benzene rings is 3. The fraction of sp³-hybridized carbons (Fsp3) is 0.0455. The fourth-order valence-electron chi connectivity index (χ4n) is 2.78. The van der Waals surface area contributed by atoms with Crippen molar-refractivity contribution in [3.63, 3.8) is 0 Å². The van der Waals surface area contributed by atoms with Crippen LogP contribution in [0.4, 0.5) is 22.7 Å². The molecule has 0 spiro atoms. The third kappa shape index (κ3) is 3.76. The van der Waals surface area contributed by atoms with Crippen LogP contribution in [0.1, 0.15) is 0 Å². The Morgan fingerprint density at radius 1 is 0.643 bits per heavy atom. The molecular formula is C22H17N5O. The maximum Gasteiger partial charge on any atom is 0.278 e. The number of rotatable bonds is 4. The van der Waals surface area contributed by atoms with E-state index in [0.717, 1.165) is 16.6 Å². The van der Waals surface area contributed by atoms with Gasteiger partial charge in [0.05, 0.1) is 22.6 Å². The maximum atomic E-state index is 12.5. The summed E-state index contributed by atoms with van der Waals surface area (Å²) in [6.45, 7) is 0. The molecule has 0 aliphatic rings. The smallest absolute Gasteiger partial charge is 0.278 e. The summed E-state index contributed by atoms with van der Waals surface area (Å²) in [4.78, 5) is 12.5. The monoisotopic (exact) mass is 367 g/mol. The SMILES string of the molecule is Cn1c(=O)c(N=Nc2ccc(N=Nc3ccccc3)cc2)cc2ccccc21. The molecule has 1 aromatic heterocycles. The van der Waals surface area contributed by atoms with E-state index in [9.17, 15) is 4.79 Å². The molecule has 0 bridgehead atoms. The number of para-hydroxylation sites is 1. The van der Waals surface area contributed by atoms with Crippen molar-refractivity contribution in [3.05, 3.63) is 95.3 Å². The molecule has 6 nitrogen and oxygen atoms in total. The average molecular weight is 367 g/mol. The van der Waals surface area contributed by atoms with Gasteiger partial charge in [0, 0.05) is 12.4 Å². The van der Waals surface area contributed by atoms with Crippen LogP contribution in [0, 0.1) is 0 Å². The molecule has 3 aromatic carbocycles. The Labute approximate surface area is 161 Å². The second-order valence-electron chi connectivity index (χ2n) is 6.20. The molecule has 0 amide bonds. The highest BCUT2D eigenvalue weighted by atomic mass is 16.1. The summed E-state index contributed by atoms with van der Waals surface area (Å²) in [5.41, 5.74) is 3.11. The lowest BCUT2D eigenvalue weighted by Crippen LogP contribution is -2.16. The predicted molar refractivity (Wildman–Crippen MR) is 110 cm³/mol. The summed E-state index contributed by atoms with van der Waals surface area (Å²) in [6, 6.07) is 26.1. The number of hydrogen-bond acceptors (Lipinski definition) is 5. The number of azo groups is 2. The number of aromatic nitrogens is 1. The van der Waals surface area contributed by atoms with Gasteiger partial charge in [-0.3, -0.25) is 4.79 Å². The van der Waals surface area contributed by atoms with Crippen LogP contribution in [0.15, 0.2) is 110 Å². The van der Waals surface area contributed by atoms with Crippen LogP contribution in [-0.4, -0.2) is 4.57 Å². The van der Waals surface area contributed by atoms with Crippen molar-refractivity contribution in [1.82, 2.24) is 4.57 Å². The van der Waals surface area contributed by atoms with Crippen LogP contribution in [0.5, 0.6) is 0 Å². The molecule has 0 N–H and O–H groups in total. The molecule has 1 heterocycles. The van der Waals surface area contributed by atoms with E-state index in [1.54, 1.807) is 41.9 Å². The number of fused-ring (bicyclic) bond motifs is 1. The fourth-order valence-corrected chi connectivity index (χ4v) is 2.78. The highest BCUT2D eigenvalue weighted by Gasteiger charge is 2.05. The highest BCUT2D eigenvalue weighted by molar-refractivity contribution is 5.81. The van der Waals surface area contributed by atoms with Crippen molar-refractivity contribution in [3.8, 4) is 0 Å². The van der Waals surface area contributed by atoms with Crippen molar-refractivity contribution in [2.45, 2.75) is 0 Å². The van der Waals surface area contributed by atoms with Crippen molar-refractivity contribution in [2.75, 3.05) is 0 Å². The van der Waals surface area contributed by atoms with Crippen molar-refractivity contribution in [1.29, 1.82) is 0 Å². The Bertz CT molecular complexity index is 1230. The van der Waals surface area contributed by atoms with Gasteiger partial charge in [-0.2, -0.15) is 15.3 Å². The summed E-state index contributed by atoms with van der Waals surface area (Å²) < 4.78 is 1.58. The second-order valence-corrected chi connectivity index (χ2v) is 6.20. The maximum absolute atomic E-state index is 12.5. The van der Waals surface area contributed by atoms with Crippen LogP contribution in [-0.2, 0) is 7.05 Å². The molecule has 0 aliphatic carbocycles. The van der Waals surface area contributed by atoms with Crippen LogP contribution in [0.3, 0.4) is 0 Å². The molecule has 6 heteroatoms. The van der Waals surface area contributed by atoms with Gasteiger partial charge in [0.15, 0.2) is 5.69 Å². The summed E-state index contributed by atoms with van der Waals surface area (Å²) in [5, 5.41) is 17.6. The highest BCUT2D eigenvalue weighted by Crippen LogP contribution is 2.23. The lowest BCUT2D eigenvalue weighted by atomic mass is 10.2. The molecule has 0 saturated heterocycles. The largest absolute Gasteiger partial charge is 0.309 e. The first-order valence-corrected chi connectivity index (χ1v) is 8.78. The van der Waals surface area contributed by atoms with Crippen LogP contribution in [0.25, 0.3) is 10.9 Å². The molecule has 0 saturated carbocycles. The van der Waals surface area contributed by atoms with Crippen molar-refractivity contribution in [2.24, 2.45) is 27.5 Å². The van der Waals surface area contributed by atoms with E-state index >= 15 is 0 Å². The van der Waals surface area contributed by atoms with Gasteiger partial charge in [-0.25, -0.2) is 0 Å². The zero-order valence-electron chi connectivity index (χ0n) is 15.2. The predicted octanol–water partition coefficient (Wildman–Crippen LogP) is 6.37.